The maximum absolute atomic E-state index is 5.95. The Bertz CT molecular complexity index is 367. The molecular weight excluding hydrogens is 230 g/mol. The molecule has 0 radical (unpaired) electrons. The average Bonchev–Trinajstić information content (AvgIpc) is 2.38. The molecule has 0 spiro atoms. The molecule has 3 N–H and O–H groups in total. The molecule has 0 aromatic carbocycles. The summed E-state index contributed by atoms with van der Waals surface area (Å²) >= 11 is 0. The van der Waals surface area contributed by atoms with Gasteiger partial charge in [0.2, 0.25) is 0 Å². The average molecular weight is 253 g/mol. The molecule has 1 rings (SSSR count). The zero-order valence-corrected chi connectivity index (χ0v) is 11.6. The van der Waals surface area contributed by atoms with Gasteiger partial charge in [0.05, 0.1) is 6.04 Å². The molecule has 1 aromatic heterocycles. The van der Waals surface area contributed by atoms with E-state index in [9.17, 15) is 0 Å². The summed E-state index contributed by atoms with van der Waals surface area (Å²) in [6.07, 6.45) is 2.39. The van der Waals surface area contributed by atoms with E-state index in [0.717, 1.165) is 24.1 Å². The van der Waals surface area contributed by atoms with Crippen LogP contribution < -0.4 is 11.1 Å². The van der Waals surface area contributed by atoms with Gasteiger partial charge in [0.15, 0.2) is 6.29 Å². The van der Waals surface area contributed by atoms with Gasteiger partial charge in [0, 0.05) is 26.0 Å². The fourth-order valence-electron chi connectivity index (χ4n) is 1.87. The molecule has 1 atom stereocenters. The molecule has 0 bridgehead atoms. The van der Waals surface area contributed by atoms with Gasteiger partial charge in [-0.05, 0) is 31.5 Å². The summed E-state index contributed by atoms with van der Waals surface area (Å²) in [5.41, 5.74) is 7.92. The van der Waals surface area contributed by atoms with Gasteiger partial charge in [-0.15, -0.1) is 0 Å². The number of nitrogens with one attached hydrogen (secondary N) is 1. The van der Waals surface area contributed by atoms with Crippen LogP contribution >= 0.6 is 0 Å². The van der Waals surface area contributed by atoms with E-state index in [1.54, 1.807) is 20.4 Å². The fourth-order valence-corrected chi connectivity index (χ4v) is 1.87. The van der Waals surface area contributed by atoms with Crippen molar-refractivity contribution in [1.29, 1.82) is 0 Å². The Kier molecular flexibility index (Phi) is 6.04. The Balaban J connectivity index is 3.03. The van der Waals surface area contributed by atoms with Crippen molar-refractivity contribution in [3.05, 3.63) is 23.4 Å². The third kappa shape index (κ3) is 3.66. The first-order valence-electron chi connectivity index (χ1n) is 6.15. The summed E-state index contributed by atoms with van der Waals surface area (Å²) in [6, 6.07) is 1.90. The predicted molar refractivity (Wildman–Crippen MR) is 72.2 cm³/mol. The zero-order valence-electron chi connectivity index (χ0n) is 11.6. The second kappa shape index (κ2) is 7.31. The fraction of sp³-hybridized carbons (Fsp3) is 0.615. The van der Waals surface area contributed by atoms with Crippen molar-refractivity contribution in [2.75, 3.05) is 26.5 Å². The highest BCUT2D eigenvalue weighted by Gasteiger charge is 2.24. The van der Waals surface area contributed by atoms with Crippen LogP contribution in [-0.4, -0.2) is 32.0 Å². The molecular formula is C13H23N3O2. The third-order valence-electron chi connectivity index (χ3n) is 2.77. The summed E-state index contributed by atoms with van der Waals surface area (Å²) in [5.74, 6) is 0.508. The number of nitrogen functional groups attached to an aromatic ring is 1. The maximum Gasteiger partial charge on any atom is 0.176 e. The molecule has 0 saturated carbocycles. The van der Waals surface area contributed by atoms with Crippen LogP contribution in [0.3, 0.4) is 0 Å². The molecule has 5 heteroatoms. The highest BCUT2D eigenvalue weighted by Crippen LogP contribution is 2.24. The van der Waals surface area contributed by atoms with Gasteiger partial charge in [-0.1, -0.05) is 6.92 Å². The van der Waals surface area contributed by atoms with E-state index in [-0.39, 0.29) is 12.3 Å². The first-order chi connectivity index (χ1) is 8.63. The Morgan fingerprint density at radius 3 is 2.61 bits per heavy atom. The van der Waals surface area contributed by atoms with E-state index in [0.29, 0.717) is 5.82 Å². The molecule has 0 saturated heterocycles. The van der Waals surface area contributed by atoms with Crippen LogP contribution in [0.4, 0.5) is 5.82 Å². The summed E-state index contributed by atoms with van der Waals surface area (Å²) in [7, 11) is 3.24. The van der Waals surface area contributed by atoms with Crippen molar-refractivity contribution < 1.29 is 9.47 Å². The maximum atomic E-state index is 5.95. The smallest absolute Gasteiger partial charge is 0.176 e. The minimum Gasteiger partial charge on any atom is -0.383 e. The Hall–Kier alpha value is -1.17. The van der Waals surface area contributed by atoms with Gasteiger partial charge < -0.3 is 20.5 Å². The van der Waals surface area contributed by atoms with Crippen LogP contribution in [0, 0.1) is 6.92 Å². The zero-order chi connectivity index (χ0) is 13.5. The minimum absolute atomic E-state index is 0.118. The van der Waals surface area contributed by atoms with Gasteiger partial charge in [0.25, 0.3) is 0 Å². The first kappa shape index (κ1) is 14.9. The lowest BCUT2D eigenvalue weighted by Gasteiger charge is -2.27. The highest BCUT2D eigenvalue weighted by atomic mass is 16.7. The predicted octanol–water partition coefficient (Wildman–Crippen LogP) is 1.63. The monoisotopic (exact) mass is 253 g/mol. The van der Waals surface area contributed by atoms with Gasteiger partial charge in [-0.25, -0.2) is 4.98 Å². The second-order valence-corrected chi connectivity index (χ2v) is 4.26. The Morgan fingerprint density at radius 2 is 2.06 bits per heavy atom. The largest absolute Gasteiger partial charge is 0.383 e. The van der Waals surface area contributed by atoms with Crippen molar-refractivity contribution in [3.63, 3.8) is 0 Å². The molecule has 0 aliphatic heterocycles. The number of pyridine rings is 1. The van der Waals surface area contributed by atoms with Crippen LogP contribution in [0.25, 0.3) is 0 Å². The number of hydrogen-bond acceptors (Lipinski definition) is 5. The topological polar surface area (TPSA) is 69.4 Å². The van der Waals surface area contributed by atoms with Gasteiger partial charge >= 0.3 is 0 Å². The molecule has 1 aromatic rings. The summed E-state index contributed by atoms with van der Waals surface area (Å²) in [4.78, 5) is 4.19. The van der Waals surface area contributed by atoms with Crippen molar-refractivity contribution in [3.8, 4) is 0 Å². The summed E-state index contributed by atoms with van der Waals surface area (Å²) < 4.78 is 10.7. The standard InChI is InChI=1S/C13H23N3O2/c1-5-6-15-11(13(17-3)18-4)10-7-9(2)8-16-12(10)14/h7-8,11,13,15H,5-6H2,1-4H3,(H2,14,16). The van der Waals surface area contributed by atoms with Gasteiger partial charge in [-0.3, -0.25) is 0 Å². The lowest BCUT2D eigenvalue weighted by molar-refractivity contribution is -0.124. The van der Waals surface area contributed by atoms with Crippen molar-refractivity contribution in [2.45, 2.75) is 32.6 Å². The SMILES string of the molecule is CCCNC(c1cc(C)cnc1N)C(OC)OC. The van der Waals surface area contributed by atoms with Crippen LogP contribution in [0.5, 0.6) is 0 Å². The van der Waals surface area contributed by atoms with Crippen LogP contribution in [-0.2, 0) is 9.47 Å². The van der Waals surface area contributed by atoms with E-state index in [2.05, 4.69) is 17.2 Å². The van der Waals surface area contributed by atoms with Gasteiger partial charge in [-0.2, -0.15) is 0 Å². The molecule has 18 heavy (non-hydrogen) atoms. The summed E-state index contributed by atoms with van der Waals surface area (Å²) in [6.45, 7) is 4.96. The van der Waals surface area contributed by atoms with Crippen molar-refractivity contribution in [1.82, 2.24) is 10.3 Å². The number of ether oxygens (including phenoxy) is 2. The molecule has 1 heterocycles. The quantitative estimate of drug-likeness (QED) is 0.723. The summed E-state index contributed by atoms with van der Waals surface area (Å²) in [5, 5.41) is 3.39. The molecule has 0 fully saturated rings. The molecule has 0 amide bonds. The van der Waals surface area contributed by atoms with E-state index >= 15 is 0 Å². The number of methoxy groups -OCH3 is 2. The van der Waals surface area contributed by atoms with Crippen LogP contribution in [0.1, 0.15) is 30.5 Å². The molecule has 1 unspecified atom stereocenters. The van der Waals surface area contributed by atoms with Gasteiger partial charge in [0.1, 0.15) is 5.82 Å². The normalized spacial score (nSPS) is 12.9. The number of hydrogen-bond donors (Lipinski definition) is 2. The molecule has 0 aliphatic carbocycles. The Morgan fingerprint density at radius 1 is 1.39 bits per heavy atom. The van der Waals surface area contributed by atoms with Crippen molar-refractivity contribution in [2.24, 2.45) is 0 Å². The highest BCUT2D eigenvalue weighted by molar-refractivity contribution is 5.43. The van der Waals surface area contributed by atoms with E-state index in [4.69, 9.17) is 15.2 Å². The van der Waals surface area contributed by atoms with Crippen molar-refractivity contribution >= 4 is 5.82 Å². The van der Waals surface area contributed by atoms with E-state index in [1.165, 1.54) is 0 Å². The first-order valence-corrected chi connectivity index (χ1v) is 6.15. The second-order valence-electron chi connectivity index (χ2n) is 4.26. The molecule has 102 valence electrons. The number of aryl methyl sites for hydroxylation is 1. The molecule has 5 nitrogen and oxygen atoms in total. The lowest BCUT2D eigenvalue weighted by atomic mass is 10.1. The molecule has 0 aliphatic rings. The number of anilines is 1. The minimum atomic E-state index is -0.387. The Labute approximate surface area is 109 Å². The van der Waals surface area contributed by atoms with Crippen LogP contribution in [0.15, 0.2) is 12.3 Å². The number of nitrogens with two attached hydrogens (primary N) is 1. The van der Waals surface area contributed by atoms with E-state index in [1.807, 2.05) is 13.0 Å². The lowest BCUT2D eigenvalue weighted by Crippen LogP contribution is -2.35. The number of aromatic nitrogens is 1. The number of rotatable bonds is 7. The third-order valence-corrected chi connectivity index (χ3v) is 2.77. The van der Waals surface area contributed by atoms with Crippen LogP contribution in [0.2, 0.25) is 0 Å². The van der Waals surface area contributed by atoms with E-state index < -0.39 is 0 Å². The number of nitrogens with zero attached hydrogens (tertiary/aromatic N) is 1.